The second-order valence-corrected chi connectivity index (χ2v) is 6.49. The molecule has 0 amide bonds. The molecule has 0 unspecified atom stereocenters. The first kappa shape index (κ1) is 11.9. The summed E-state index contributed by atoms with van der Waals surface area (Å²) < 4.78 is 3.30. The Kier molecular flexibility index (Phi) is 4.13. The van der Waals surface area contributed by atoms with Crippen LogP contribution in [0.3, 0.4) is 0 Å². The van der Waals surface area contributed by atoms with Gasteiger partial charge in [0, 0.05) is 19.5 Å². The molecule has 1 aromatic carbocycles. The second-order valence-electron chi connectivity index (χ2n) is 3.87. The molecule has 1 aliphatic carbocycles. The van der Waals surface area contributed by atoms with Crippen LogP contribution in [0.2, 0.25) is 0 Å². The molecule has 1 fully saturated rings. The van der Waals surface area contributed by atoms with Crippen LogP contribution in [0.25, 0.3) is 0 Å². The molecule has 0 spiro atoms. The highest BCUT2D eigenvalue weighted by Crippen LogP contribution is 2.36. The van der Waals surface area contributed by atoms with Gasteiger partial charge in [-0.2, -0.15) is 0 Å². The van der Waals surface area contributed by atoms with Crippen LogP contribution in [0.5, 0.6) is 0 Å². The molecule has 0 aromatic heterocycles. The Bertz CT molecular complexity index is 336. The van der Waals surface area contributed by atoms with E-state index >= 15 is 0 Å². The molecular weight excluding hydrogens is 386 g/mol. The van der Waals surface area contributed by atoms with Crippen molar-refractivity contribution in [3.63, 3.8) is 0 Å². The van der Waals surface area contributed by atoms with Crippen molar-refractivity contribution in [3.05, 3.63) is 25.6 Å². The van der Waals surface area contributed by atoms with Gasteiger partial charge in [-0.25, -0.2) is 0 Å². The maximum atomic E-state index is 3.59. The van der Waals surface area contributed by atoms with Gasteiger partial charge in [0.15, 0.2) is 0 Å². The minimum absolute atomic E-state index is 0.638. The summed E-state index contributed by atoms with van der Waals surface area (Å²) in [6, 6.07) is 4.78. The Labute approximate surface area is 115 Å². The van der Waals surface area contributed by atoms with E-state index < -0.39 is 0 Å². The maximum absolute atomic E-state index is 3.59. The maximum Gasteiger partial charge on any atom is 0.0631 e. The Morgan fingerprint density at radius 2 is 1.53 bits per heavy atom. The molecule has 0 aliphatic heterocycles. The largest absolute Gasteiger partial charge is 0.380 e. The zero-order valence-corrected chi connectivity index (χ0v) is 13.0. The first-order valence-electron chi connectivity index (χ1n) is 5.08. The molecular formula is C11H12Br3N. The highest BCUT2D eigenvalue weighted by Gasteiger charge is 2.17. The first-order chi connectivity index (χ1) is 7.16. The van der Waals surface area contributed by atoms with E-state index in [9.17, 15) is 0 Å². The van der Waals surface area contributed by atoms with Gasteiger partial charge >= 0.3 is 0 Å². The van der Waals surface area contributed by atoms with Gasteiger partial charge in [0.05, 0.1) is 5.69 Å². The molecule has 1 saturated carbocycles. The van der Waals surface area contributed by atoms with Crippen LogP contribution in [0, 0.1) is 0 Å². The summed E-state index contributed by atoms with van der Waals surface area (Å²) >= 11 is 10.6. The number of hydrogen-bond acceptors (Lipinski definition) is 1. The van der Waals surface area contributed by atoms with Crippen LogP contribution in [-0.4, -0.2) is 6.04 Å². The van der Waals surface area contributed by atoms with Gasteiger partial charge in [0.25, 0.3) is 0 Å². The fourth-order valence-corrected chi connectivity index (χ4v) is 4.44. The fourth-order valence-electron chi connectivity index (χ4n) is 1.95. The highest BCUT2D eigenvalue weighted by atomic mass is 79.9. The van der Waals surface area contributed by atoms with Gasteiger partial charge in [-0.1, -0.05) is 28.8 Å². The topological polar surface area (TPSA) is 12.0 Å². The van der Waals surface area contributed by atoms with Gasteiger partial charge in [0.1, 0.15) is 0 Å². The van der Waals surface area contributed by atoms with Crippen molar-refractivity contribution in [1.29, 1.82) is 0 Å². The molecule has 82 valence electrons. The third-order valence-electron chi connectivity index (χ3n) is 2.71. The minimum Gasteiger partial charge on any atom is -0.380 e. The summed E-state index contributed by atoms with van der Waals surface area (Å²) in [5.41, 5.74) is 1.17. The van der Waals surface area contributed by atoms with Crippen LogP contribution in [0.15, 0.2) is 25.6 Å². The number of anilines is 1. The minimum atomic E-state index is 0.638. The van der Waals surface area contributed by atoms with Crippen LogP contribution in [0.1, 0.15) is 25.7 Å². The van der Waals surface area contributed by atoms with Gasteiger partial charge in [-0.15, -0.1) is 0 Å². The SMILES string of the molecule is Brc1cc(Br)c(NC2CCCC2)c(Br)c1. The van der Waals surface area contributed by atoms with E-state index in [-0.39, 0.29) is 0 Å². The third kappa shape index (κ3) is 2.98. The Balaban J connectivity index is 2.19. The van der Waals surface area contributed by atoms with Crippen LogP contribution in [-0.2, 0) is 0 Å². The number of halogens is 3. The van der Waals surface area contributed by atoms with Gasteiger partial charge < -0.3 is 5.32 Å². The molecule has 1 N–H and O–H groups in total. The van der Waals surface area contributed by atoms with Crippen LogP contribution >= 0.6 is 47.8 Å². The number of rotatable bonds is 2. The summed E-state index contributed by atoms with van der Waals surface area (Å²) in [4.78, 5) is 0. The zero-order valence-electron chi connectivity index (χ0n) is 8.19. The number of hydrogen-bond donors (Lipinski definition) is 1. The van der Waals surface area contributed by atoms with Crippen molar-refractivity contribution in [1.82, 2.24) is 0 Å². The normalized spacial score (nSPS) is 17.0. The average molecular weight is 398 g/mol. The van der Waals surface area contributed by atoms with Crippen molar-refractivity contribution in [2.75, 3.05) is 5.32 Å². The monoisotopic (exact) mass is 395 g/mol. The molecule has 0 bridgehead atoms. The molecule has 15 heavy (non-hydrogen) atoms. The van der Waals surface area contributed by atoms with Gasteiger partial charge in [-0.3, -0.25) is 0 Å². The summed E-state index contributed by atoms with van der Waals surface area (Å²) in [7, 11) is 0. The van der Waals surface area contributed by atoms with Crippen molar-refractivity contribution >= 4 is 53.5 Å². The summed E-state index contributed by atoms with van der Waals surface area (Å²) in [6.45, 7) is 0. The molecule has 1 aromatic rings. The number of benzene rings is 1. The Morgan fingerprint density at radius 1 is 1.00 bits per heavy atom. The lowest BCUT2D eigenvalue weighted by Crippen LogP contribution is -2.15. The molecule has 1 aliphatic rings. The highest BCUT2D eigenvalue weighted by molar-refractivity contribution is 9.11. The van der Waals surface area contributed by atoms with E-state index in [1.165, 1.54) is 31.4 Å². The summed E-state index contributed by atoms with van der Waals surface area (Å²) in [5.74, 6) is 0. The van der Waals surface area contributed by atoms with Crippen molar-refractivity contribution in [2.24, 2.45) is 0 Å². The van der Waals surface area contributed by atoms with Crippen LogP contribution in [0.4, 0.5) is 5.69 Å². The van der Waals surface area contributed by atoms with E-state index in [2.05, 4.69) is 65.2 Å². The molecule has 2 rings (SSSR count). The smallest absolute Gasteiger partial charge is 0.0631 e. The van der Waals surface area contributed by atoms with Gasteiger partial charge in [-0.05, 0) is 56.8 Å². The molecule has 1 nitrogen and oxygen atoms in total. The van der Waals surface area contributed by atoms with E-state index in [0.29, 0.717) is 6.04 Å². The Hall–Kier alpha value is 0.460. The lowest BCUT2D eigenvalue weighted by molar-refractivity contribution is 0.754. The Morgan fingerprint density at radius 3 is 2.07 bits per heavy atom. The average Bonchev–Trinajstić information content (AvgIpc) is 2.63. The van der Waals surface area contributed by atoms with Gasteiger partial charge in [0.2, 0.25) is 0 Å². The quantitative estimate of drug-likeness (QED) is 0.711. The fraction of sp³-hybridized carbons (Fsp3) is 0.455. The third-order valence-corrected chi connectivity index (χ3v) is 4.42. The van der Waals surface area contributed by atoms with E-state index in [0.717, 1.165) is 13.4 Å². The molecule has 4 heteroatoms. The predicted molar refractivity (Wildman–Crippen MR) is 75.4 cm³/mol. The van der Waals surface area contributed by atoms with E-state index in [4.69, 9.17) is 0 Å². The van der Waals surface area contributed by atoms with Crippen molar-refractivity contribution < 1.29 is 0 Å². The predicted octanol–water partition coefficient (Wildman–Crippen LogP) is 5.33. The van der Waals surface area contributed by atoms with Crippen molar-refractivity contribution in [2.45, 2.75) is 31.7 Å². The summed E-state index contributed by atoms with van der Waals surface area (Å²) in [5, 5.41) is 3.59. The standard InChI is InChI=1S/C11H12Br3N/c12-7-5-9(13)11(10(14)6-7)15-8-3-1-2-4-8/h5-6,8,15H,1-4H2. The number of nitrogens with one attached hydrogen (secondary N) is 1. The summed E-state index contributed by atoms with van der Waals surface area (Å²) in [6.07, 6.45) is 5.27. The molecule has 0 heterocycles. The second kappa shape index (κ2) is 5.19. The van der Waals surface area contributed by atoms with E-state index in [1.54, 1.807) is 0 Å². The molecule has 0 atom stereocenters. The zero-order chi connectivity index (χ0) is 10.8. The lowest BCUT2D eigenvalue weighted by Gasteiger charge is -2.16. The molecule has 0 radical (unpaired) electrons. The molecule has 0 saturated heterocycles. The first-order valence-corrected chi connectivity index (χ1v) is 7.46. The van der Waals surface area contributed by atoms with Crippen molar-refractivity contribution in [3.8, 4) is 0 Å². The van der Waals surface area contributed by atoms with E-state index in [1.807, 2.05) is 0 Å². The van der Waals surface area contributed by atoms with Crippen LogP contribution < -0.4 is 5.32 Å². The lowest BCUT2D eigenvalue weighted by atomic mass is 10.2.